The van der Waals surface area contributed by atoms with Crippen LogP contribution in [0.4, 0.5) is 18.9 Å². The van der Waals surface area contributed by atoms with E-state index in [4.69, 9.17) is 11.6 Å². The Morgan fingerprint density at radius 3 is 2.67 bits per heavy atom. The number of hydrogen-bond donors (Lipinski definition) is 1. The van der Waals surface area contributed by atoms with E-state index in [1.54, 1.807) is 6.07 Å². The number of allylic oxidation sites excluding steroid dienone is 2. The fourth-order valence-electron chi connectivity index (χ4n) is 4.50. The molecule has 1 aromatic carbocycles. The van der Waals surface area contributed by atoms with Gasteiger partial charge in [0.2, 0.25) is 0 Å². The maximum absolute atomic E-state index is 13.3. The van der Waals surface area contributed by atoms with E-state index in [0.717, 1.165) is 40.8 Å². The summed E-state index contributed by atoms with van der Waals surface area (Å²) < 4.78 is 40.5. The highest BCUT2D eigenvalue weighted by atomic mass is 35.5. The van der Waals surface area contributed by atoms with Gasteiger partial charge < -0.3 is 5.32 Å². The molecule has 27 heavy (non-hydrogen) atoms. The van der Waals surface area contributed by atoms with Crippen LogP contribution in [0.5, 0.6) is 0 Å². The largest absolute Gasteiger partial charge is 0.433 e. The Morgan fingerprint density at radius 2 is 2.00 bits per heavy atom. The molecule has 2 bridgehead atoms. The second kappa shape index (κ2) is 6.12. The first kappa shape index (κ1) is 18.1. The lowest BCUT2D eigenvalue weighted by molar-refractivity contribution is -0.144. The smallest absolute Gasteiger partial charge is 0.322 e. The van der Waals surface area contributed by atoms with Crippen molar-refractivity contribution in [2.45, 2.75) is 37.8 Å². The number of aromatic nitrogens is 2. The van der Waals surface area contributed by atoms with Crippen molar-refractivity contribution in [1.29, 1.82) is 0 Å². The summed E-state index contributed by atoms with van der Waals surface area (Å²) in [6, 6.07) is 5.53. The second-order valence-corrected chi connectivity index (χ2v) is 7.53. The fraction of sp³-hybridized carbons (Fsp3) is 0.368. The van der Waals surface area contributed by atoms with Crippen LogP contribution in [0.2, 0.25) is 0 Å². The van der Waals surface area contributed by atoms with Gasteiger partial charge in [-0.25, -0.2) is 0 Å². The standard InChI is InChI=1S/C19H17ClF3N3O/c1-9(20)15-11-6-7-12(15)16-10(11)4-3-5-14(16)25-18(27)13-8-24-26(2)17(13)19(21,22)23/h3-5,8,11-12H,6-7H2,1-2H3,(H,25,27)/b15-9+. The Kier molecular flexibility index (Phi) is 4.10. The lowest BCUT2D eigenvalue weighted by Gasteiger charge is -2.19. The molecule has 0 aliphatic heterocycles. The van der Waals surface area contributed by atoms with E-state index in [1.807, 2.05) is 19.1 Å². The van der Waals surface area contributed by atoms with Crippen molar-refractivity contribution in [1.82, 2.24) is 9.78 Å². The summed E-state index contributed by atoms with van der Waals surface area (Å²) in [7, 11) is 1.17. The monoisotopic (exact) mass is 395 g/mol. The Labute approximate surface area is 159 Å². The van der Waals surface area contributed by atoms with E-state index in [9.17, 15) is 18.0 Å². The van der Waals surface area contributed by atoms with Crippen LogP contribution in [0, 0.1) is 0 Å². The molecule has 0 spiro atoms. The molecule has 1 N–H and O–H groups in total. The van der Waals surface area contributed by atoms with Gasteiger partial charge in [-0.2, -0.15) is 18.3 Å². The summed E-state index contributed by atoms with van der Waals surface area (Å²) in [5, 5.41) is 7.03. The summed E-state index contributed by atoms with van der Waals surface area (Å²) in [6.07, 6.45) is -1.80. The van der Waals surface area contributed by atoms with E-state index in [2.05, 4.69) is 10.4 Å². The first-order valence-corrected chi connectivity index (χ1v) is 8.97. The predicted molar refractivity (Wildman–Crippen MR) is 95.9 cm³/mol. The number of nitrogens with zero attached hydrogens (tertiary/aromatic N) is 2. The fourth-order valence-corrected chi connectivity index (χ4v) is 4.77. The lowest BCUT2D eigenvalue weighted by Crippen LogP contribution is -2.21. The molecular weight excluding hydrogens is 379 g/mol. The molecule has 2 unspecified atom stereocenters. The lowest BCUT2D eigenvalue weighted by atomic mass is 9.90. The average molecular weight is 396 g/mol. The molecule has 1 fully saturated rings. The molecule has 2 aromatic rings. The number of nitrogens with one attached hydrogen (secondary N) is 1. The molecule has 1 aromatic heterocycles. The number of fused-ring (bicyclic) bond motifs is 5. The Hall–Kier alpha value is -2.28. The zero-order valence-electron chi connectivity index (χ0n) is 14.7. The van der Waals surface area contributed by atoms with E-state index in [-0.39, 0.29) is 11.8 Å². The molecule has 1 heterocycles. The number of aryl methyl sites for hydroxylation is 1. The topological polar surface area (TPSA) is 46.9 Å². The number of alkyl halides is 3. The molecule has 4 nitrogen and oxygen atoms in total. The molecule has 2 aliphatic carbocycles. The van der Waals surface area contributed by atoms with Gasteiger partial charge in [-0.05, 0) is 42.5 Å². The molecule has 1 amide bonds. The van der Waals surface area contributed by atoms with Crippen LogP contribution in [-0.2, 0) is 13.2 Å². The van der Waals surface area contributed by atoms with Gasteiger partial charge in [0, 0.05) is 29.6 Å². The van der Waals surface area contributed by atoms with E-state index in [1.165, 1.54) is 7.05 Å². The van der Waals surface area contributed by atoms with Crippen LogP contribution in [-0.4, -0.2) is 15.7 Å². The molecular formula is C19H17ClF3N3O. The summed E-state index contributed by atoms with van der Waals surface area (Å²) in [6.45, 7) is 1.86. The second-order valence-electron chi connectivity index (χ2n) is 6.96. The average Bonchev–Trinajstić information content (AvgIpc) is 3.25. The van der Waals surface area contributed by atoms with Crippen molar-refractivity contribution < 1.29 is 18.0 Å². The number of amides is 1. The van der Waals surface area contributed by atoms with Crippen molar-refractivity contribution in [3.8, 4) is 0 Å². The number of anilines is 1. The molecule has 4 rings (SSSR count). The molecule has 8 heteroatoms. The van der Waals surface area contributed by atoms with Gasteiger partial charge in [0.1, 0.15) is 0 Å². The van der Waals surface area contributed by atoms with E-state index < -0.39 is 23.3 Å². The number of halogens is 4. The van der Waals surface area contributed by atoms with Crippen LogP contribution in [0.3, 0.4) is 0 Å². The van der Waals surface area contributed by atoms with E-state index in [0.29, 0.717) is 10.4 Å². The predicted octanol–water partition coefficient (Wildman–Crippen LogP) is 5.18. The highest BCUT2D eigenvalue weighted by Crippen LogP contribution is 2.60. The number of carbonyl (C=O) groups excluding carboxylic acids is 1. The maximum atomic E-state index is 13.3. The number of benzene rings is 1. The third kappa shape index (κ3) is 2.76. The van der Waals surface area contributed by atoms with E-state index >= 15 is 0 Å². The van der Waals surface area contributed by atoms with Crippen molar-refractivity contribution in [2.75, 3.05) is 5.32 Å². The molecule has 2 atom stereocenters. The van der Waals surface area contributed by atoms with Gasteiger partial charge in [-0.3, -0.25) is 9.48 Å². The highest BCUT2D eigenvalue weighted by molar-refractivity contribution is 6.29. The Balaban J connectivity index is 1.72. The molecule has 0 saturated heterocycles. The van der Waals surface area contributed by atoms with Crippen molar-refractivity contribution in [3.05, 3.63) is 57.4 Å². The minimum atomic E-state index is -4.67. The number of carbonyl (C=O) groups is 1. The molecule has 0 radical (unpaired) electrons. The van der Waals surface area contributed by atoms with Crippen LogP contribution in [0.15, 0.2) is 35.0 Å². The minimum absolute atomic E-state index is 0.106. The zero-order chi connectivity index (χ0) is 19.5. The van der Waals surface area contributed by atoms with Gasteiger partial charge in [0.05, 0.1) is 11.8 Å². The van der Waals surface area contributed by atoms with Crippen molar-refractivity contribution in [3.63, 3.8) is 0 Å². The van der Waals surface area contributed by atoms with Crippen LogP contribution in [0.25, 0.3) is 0 Å². The Morgan fingerprint density at radius 1 is 1.30 bits per heavy atom. The van der Waals surface area contributed by atoms with Crippen LogP contribution >= 0.6 is 11.6 Å². The number of rotatable bonds is 2. The van der Waals surface area contributed by atoms with Gasteiger partial charge in [-0.1, -0.05) is 23.7 Å². The third-order valence-corrected chi connectivity index (χ3v) is 5.67. The summed E-state index contributed by atoms with van der Waals surface area (Å²) >= 11 is 6.29. The van der Waals surface area contributed by atoms with Crippen molar-refractivity contribution in [2.24, 2.45) is 7.05 Å². The van der Waals surface area contributed by atoms with Gasteiger partial charge >= 0.3 is 6.18 Å². The first-order valence-electron chi connectivity index (χ1n) is 8.59. The molecule has 2 aliphatic rings. The highest BCUT2D eigenvalue weighted by Gasteiger charge is 2.44. The first-order chi connectivity index (χ1) is 12.7. The van der Waals surface area contributed by atoms with Crippen LogP contribution in [0.1, 0.15) is 58.8 Å². The van der Waals surface area contributed by atoms with Crippen molar-refractivity contribution >= 4 is 23.2 Å². The summed E-state index contributed by atoms with van der Waals surface area (Å²) in [4.78, 5) is 12.6. The minimum Gasteiger partial charge on any atom is -0.322 e. The summed E-state index contributed by atoms with van der Waals surface area (Å²) in [5.41, 5.74) is 2.21. The molecule has 1 saturated carbocycles. The summed E-state index contributed by atoms with van der Waals surface area (Å²) in [5.74, 6) is -0.488. The normalized spacial score (nSPS) is 22.7. The van der Waals surface area contributed by atoms with Gasteiger partial charge in [-0.15, -0.1) is 0 Å². The zero-order valence-corrected chi connectivity index (χ0v) is 15.4. The number of hydrogen-bond acceptors (Lipinski definition) is 2. The molecule has 142 valence electrons. The Bertz CT molecular complexity index is 973. The van der Waals surface area contributed by atoms with Gasteiger partial charge in [0.25, 0.3) is 5.91 Å². The quantitative estimate of drug-likeness (QED) is 0.761. The van der Waals surface area contributed by atoms with Gasteiger partial charge in [0.15, 0.2) is 5.69 Å². The third-order valence-electron chi connectivity index (χ3n) is 5.46. The van der Waals surface area contributed by atoms with Crippen LogP contribution < -0.4 is 5.32 Å². The maximum Gasteiger partial charge on any atom is 0.433 e. The SMILES string of the molecule is C/C(Cl)=C1/C2CCC1c1c(NC(=O)c3cnn(C)c3C(F)(F)F)cccc12.